The molecule has 1 amide bonds. The lowest BCUT2D eigenvalue weighted by atomic mass is 10.1. The number of fused-ring (bicyclic) bond motifs is 1. The minimum atomic E-state index is -0.0764. The maximum atomic E-state index is 11.8. The van der Waals surface area contributed by atoms with Gasteiger partial charge < -0.3 is 15.4 Å². The number of amides is 1. The molecule has 0 aliphatic rings. The smallest absolute Gasteiger partial charge is 0.238 e. The van der Waals surface area contributed by atoms with Crippen molar-refractivity contribution in [2.45, 2.75) is 0 Å². The van der Waals surface area contributed by atoms with Crippen molar-refractivity contribution in [2.75, 3.05) is 32.1 Å². The highest BCUT2D eigenvalue weighted by atomic mass is 16.5. The third-order valence-corrected chi connectivity index (χ3v) is 2.73. The van der Waals surface area contributed by atoms with Crippen LogP contribution in [-0.2, 0) is 9.53 Å². The number of aromatic nitrogens is 1. The van der Waals surface area contributed by atoms with Gasteiger partial charge in [0, 0.05) is 31.4 Å². The molecular formula is C14H17N3O2. The zero-order valence-electron chi connectivity index (χ0n) is 10.8. The third-order valence-electron chi connectivity index (χ3n) is 2.73. The quantitative estimate of drug-likeness (QED) is 0.770. The molecule has 0 radical (unpaired) electrons. The predicted octanol–water partition coefficient (Wildman–Crippen LogP) is 1.41. The first-order chi connectivity index (χ1) is 9.31. The number of ether oxygens (including phenoxy) is 1. The fourth-order valence-corrected chi connectivity index (χ4v) is 1.79. The number of hydrogen-bond donors (Lipinski definition) is 2. The molecule has 0 unspecified atom stereocenters. The molecule has 0 saturated carbocycles. The van der Waals surface area contributed by atoms with Gasteiger partial charge in [0.1, 0.15) is 0 Å². The van der Waals surface area contributed by atoms with Gasteiger partial charge in [-0.25, -0.2) is 0 Å². The second-order valence-electron chi connectivity index (χ2n) is 4.12. The zero-order chi connectivity index (χ0) is 13.5. The van der Waals surface area contributed by atoms with Crippen molar-refractivity contribution in [3.8, 4) is 0 Å². The molecule has 0 bridgehead atoms. The average molecular weight is 259 g/mol. The Hall–Kier alpha value is -1.98. The number of carbonyl (C=O) groups excluding carboxylic acids is 1. The van der Waals surface area contributed by atoms with Gasteiger partial charge in [-0.15, -0.1) is 0 Å². The number of pyridine rings is 1. The van der Waals surface area contributed by atoms with Crippen LogP contribution >= 0.6 is 0 Å². The first-order valence-corrected chi connectivity index (χ1v) is 6.13. The zero-order valence-corrected chi connectivity index (χ0v) is 10.8. The van der Waals surface area contributed by atoms with Gasteiger partial charge in [-0.2, -0.15) is 0 Å². The van der Waals surface area contributed by atoms with Crippen molar-refractivity contribution in [2.24, 2.45) is 0 Å². The lowest BCUT2D eigenvalue weighted by molar-refractivity contribution is -0.115. The van der Waals surface area contributed by atoms with Gasteiger partial charge in [0.05, 0.1) is 18.8 Å². The van der Waals surface area contributed by atoms with E-state index in [9.17, 15) is 4.79 Å². The monoisotopic (exact) mass is 259 g/mol. The fourth-order valence-electron chi connectivity index (χ4n) is 1.79. The van der Waals surface area contributed by atoms with Crippen molar-refractivity contribution in [1.29, 1.82) is 0 Å². The van der Waals surface area contributed by atoms with Crippen LogP contribution in [0.3, 0.4) is 0 Å². The van der Waals surface area contributed by atoms with Crippen molar-refractivity contribution in [3.05, 3.63) is 36.7 Å². The molecule has 0 spiro atoms. The molecule has 5 heteroatoms. The first-order valence-electron chi connectivity index (χ1n) is 6.13. The Morgan fingerprint density at radius 2 is 2.26 bits per heavy atom. The molecule has 2 rings (SSSR count). The highest BCUT2D eigenvalue weighted by Crippen LogP contribution is 2.21. The summed E-state index contributed by atoms with van der Waals surface area (Å²) in [5.41, 5.74) is 0.782. The van der Waals surface area contributed by atoms with Gasteiger partial charge >= 0.3 is 0 Å². The van der Waals surface area contributed by atoms with Crippen LogP contribution in [0.5, 0.6) is 0 Å². The summed E-state index contributed by atoms with van der Waals surface area (Å²) in [5, 5.41) is 7.88. The Labute approximate surface area is 112 Å². The summed E-state index contributed by atoms with van der Waals surface area (Å²) in [7, 11) is 1.63. The molecule has 0 saturated heterocycles. The summed E-state index contributed by atoms with van der Waals surface area (Å²) >= 11 is 0. The highest BCUT2D eigenvalue weighted by molar-refractivity contribution is 6.02. The molecule has 0 fully saturated rings. The molecule has 0 atom stereocenters. The van der Waals surface area contributed by atoms with Crippen LogP contribution < -0.4 is 10.6 Å². The maximum absolute atomic E-state index is 11.8. The van der Waals surface area contributed by atoms with E-state index in [0.29, 0.717) is 13.2 Å². The van der Waals surface area contributed by atoms with E-state index in [1.165, 1.54) is 0 Å². The summed E-state index contributed by atoms with van der Waals surface area (Å²) in [6.45, 7) is 1.51. The second-order valence-corrected chi connectivity index (χ2v) is 4.12. The summed E-state index contributed by atoms with van der Waals surface area (Å²) in [5.74, 6) is -0.0764. The van der Waals surface area contributed by atoms with Crippen LogP contribution in [0.1, 0.15) is 0 Å². The minimum Gasteiger partial charge on any atom is -0.383 e. The number of benzene rings is 1. The largest absolute Gasteiger partial charge is 0.383 e. The van der Waals surface area contributed by atoms with E-state index < -0.39 is 0 Å². The molecule has 1 heterocycles. The number of carbonyl (C=O) groups is 1. The van der Waals surface area contributed by atoms with Crippen molar-refractivity contribution in [3.63, 3.8) is 0 Å². The number of methoxy groups -OCH3 is 1. The molecule has 2 aromatic rings. The lowest BCUT2D eigenvalue weighted by Crippen LogP contribution is -2.30. The molecule has 19 heavy (non-hydrogen) atoms. The summed E-state index contributed by atoms with van der Waals surface area (Å²) < 4.78 is 4.90. The SMILES string of the molecule is COCCNCC(=O)Nc1cccc2ccncc12. The van der Waals surface area contributed by atoms with Gasteiger partial charge in [-0.05, 0) is 17.5 Å². The van der Waals surface area contributed by atoms with E-state index in [2.05, 4.69) is 15.6 Å². The Balaban J connectivity index is 1.99. The molecule has 1 aromatic heterocycles. The van der Waals surface area contributed by atoms with Crippen LogP contribution in [0.4, 0.5) is 5.69 Å². The van der Waals surface area contributed by atoms with Crippen LogP contribution in [-0.4, -0.2) is 37.7 Å². The average Bonchev–Trinajstić information content (AvgIpc) is 2.44. The fraction of sp³-hybridized carbons (Fsp3) is 0.286. The molecule has 0 aliphatic heterocycles. The van der Waals surface area contributed by atoms with Gasteiger partial charge in [-0.1, -0.05) is 12.1 Å². The van der Waals surface area contributed by atoms with Crippen molar-refractivity contribution >= 4 is 22.4 Å². The van der Waals surface area contributed by atoms with E-state index in [0.717, 1.165) is 16.5 Å². The second kappa shape index (κ2) is 6.82. The van der Waals surface area contributed by atoms with Gasteiger partial charge in [-0.3, -0.25) is 9.78 Å². The van der Waals surface area contributed by atoms with Crippen LogP contribution in [0.15, 0.2) is 36.7 Å². The van der Waals surface area contributed by atoms with Gasteiger partial charge in [0.15, 0.2) is 0 Å². The van der Waals surface area contributed by atoms with E-state index in [1.54, 1.807) is 19.5 Å². The number of anilines is 1. The molecule has 5 nitrogen and oxygen atoms in total. The minimum absolute atomic E-state index is 0.0764. The van der Waals surface area contributed by atoms with Crippen LogP contribution in [0.25, 0.3) is 10.8 Å². The number of rotatable bonds is 6. The van der Waals surface area contributed by atoms with Crippen LogP contribution in [0, 0.1) is 0 Å². The standard InChI is InChI=1S/C14H17N3O2/c1-19-8-7-16-10-14(18)17-13-4-2-3-11-5-6-15-9-12(11)13/h2-6,9,16H,7-8,10H2,1H3,(H,17,18). The topological polar surface area (TPSA) is 63.2 Å². The molecule has 100 valence electrons. The number of nitrogens with one attached hydrogen (secondary N) is 2. The molecule has 0 aliphatic carbocycles. The maximum Gasteiger partial charge on any atom is 0.238 e. The predicted molar refractivity (Wildman–Crippen MR) is 75.1 cm³/mol. The summed E-state index contributed by atoms with van der Waals surface area (Å²) in [4.78, 5) is 15.9. The Morgan fingerprint density at radius 3 is 3.11 bits per heavy atom. The Bertz CT molecular complexity index is 552. The third kappa shape index (κ3) is 3.74. The normalized spacial score (nSPS) is 10.6. The van der Waals surface area contributed by atoms with E-state index >= 15 is 0 Å². The summed E-state index contributed by atoms with van der Waals surface area (Å²) in [6, 6.07) is 7.69. The number of hydrogen-bond acceptors (Lipinski definition) is 4. The highest BCUT2D eigenvalue weighted by Gasteiger charge is 2.05. The Morgan fingerprint density at radius 1 is 1.37 bits per heavy atom. The van der Waals surface area contributed by atoms with Crippen molar-refractivity contribution < 1.29 is 9.53 Å². The summed E-state index contributed by atoms with van der Waals surface area (Å²) in [6.07, 6.45) is 3.49. The molecular weight excluding hydrogens is 242 g/mol. The van der Waals surface area contributed by atoms with Gasteiger partial charge in [0.25, 0.3) is 0 Å². The lowest BCUT2D eigenvalue weighted by Gasteiger charge is -2.09. The van der Waals surface area contributed by atoms with E-state index in [1.807, 2.05) is 24.3 Å². The van der Waals surface area contributed by atoms with Gasteiger partial charge in [0.2, 0.25) is 5.91 Å². The first kappa shape index (κ1) is 13.5. The van der Waals surface area contributed by atoms with Crippen LogP contribution in [0.2, 0.25) is 0 Å². The van der Waals surface area contributed by atoms with E-state index in [4.69, 9.17) is 4.74 Å². The molecule has 1 aromatic carbocycles. The number of nitrogens with zero attached hydrogens (tertiary/aromatic N) is 1. The Kier molecular flexibility index (Phi) is 4.83. The van der Waals surface area contributed by atoms with Crippen molar-refractivity contribution in [1.82, 2.24) is 10.3 Å². The van der Waals surface area contributed by atoms with E-state index in [-0.39, 0.29) is 12.5 Å². The molecule has 2 N–H and O–H groups in total.